The molecule has 0 spiro atoms. The van der Waals surface area contributed by atoms with Crippen molar-refractivity contribution in [2.75, 3.05) is 7.11 Å². The van der Waals surface area contributed by atoms with E-state index in [2.05, 4.69) is 0 Å². The second-order valence-corrected chi connectivity index (χ2v) is 4.79. The molecular weight excluding hydrogens is 251 g/mol. The highest BCUT2D eigenvalue weighted by Crippen LogP contribution is 2.29. The summed E-state index contributed by atoms with van der Waals surface area (Å²) in [5, 5.41) is 9.18. The van der Waals surface area contributed by atoms with Crippen molar-refractivity contribution in [1.29, 1.82) is 0 Å². The first kappa shape index (κ1) is 12.8. The minimum atomic E-state index is -0.267. The molecule has 0 aromatic heterocycles. The van der Waals surface area contributed by atoms with Crippen molar-refractivity contribution in [3.8, 4) is 11.5 Å². The standard InChI is InChI=1S/C14H13FO2S/c1-17-14-7-2-11(15)8-10(14)9-18-13-5-3-12(16)4-6-13/h2-8,16H,9H2,1H3. The molecule has 0 radical (unpaired) electrons. The van der Waals surface area contributed by atoms with Crippen molar-refractivity contribution in [3.63, 3.8) is 0 Å². The number of ether oxygens (including phenoxy) is 1. The molecule has 0 atom stereocenters. The molecule has 0 heterocycles. The van der Waals surface area contributed by atoms with Gasteiger partial charge >= 0.3 is 0 Å². The Kier molecular flexibility index (Phi) is 4.10. The van der Waals surface area contributed by atoms with Crippen LogP contribution in [0.1, 0.15) is 5.56 Å². The van der Waals surface area contributed by atoms with E-state index in [-0.39, 0.29) is 11.6 Å². The van der Waals surface area contributed by atoms with E-state index in [0.717, 1.165) is 10.5 Å². The summed E-state index contributed by atoms with van der Waals surface area (Å²) in [6, 6.07) is 11.4. The molecule has 0 aliphatic carbocycles. The van der Waals surface area contributed by atoms with Crippen molar-refractivity contribution >= 4 is 11.8 Å². The van der Waals surface area contributed by atoms with Crippen molar-refractivity contribution in [2.45, 2.75) is 10.6 Å². The van der Waals surface area contributed by atoms with E-state index in [0.29, 0.717) is 11.5 Å². The van der Waals surface area contributed by atoms with Crippen LogP contribution in [0.3, 0.4) is 0 Å². The van der Waals surface area contributed by atoms with E-state index in [1.807, 2.05) is 12.1 Å². The van der Waals surface area contributed by atoms with Gasteiger partial charge in [-0.2, -0.15) is 0 Å². The molecule has 0 fully saturated rings. The molecule has 2 rings (SSSR count). The summed E-state index contributed by atoms with van der Waals surface area (Å²) >= 11 is 1.56. The smallest absolute Gasteiger partial charge is 0.123 e. The van der Waals surface area contributed by atoms with Crippen LogP contribution in [0.4, 0.5) is 4.39 Å². The largest absolute Gasteiger partial charge is 0.508 e. The number of halogens is 1. The fourth-order valence-electron chi connectivity index (χ4n) is 1.56. The number of phenols is 1. The molecule has 0 amide bonds. The van der Waals surface area contributed by atoms with Crippen molar-refractivity contribution in [3.05, 3.63) is 53.8 Å². The Labute approximate surface area is 109 Å². The van der Waals surface area contributed by atoms with E-state index in [1.165, 1.54) is 12.1 Å². The molecule has 2 aromatic rings. The average molecular weight is 264 g/mol. The van der Waals surface area contributed by atoms with Crippen molar-refractivity contribution < 1.29 is 14.2 Å². The van der Waals surface area contributed by atoms with Crippen LogP contribution in [-0.2, 0) is 5.75 Å². The number of methoxy groups -OCH3 is 1. The van der Waals surface area contributed by atoms with Gasteiger partial charge in [0, 0.05) is 16.2 Å². The second kappa shape index (κ2) is 5.78. The number of aromatic hydroxyl groups is 1. The number of hydrogen-bond acceptors (Lipinski definition) is 3. The Hall–Kier alpha value is -1.68. The number of rotatable bonds is 4. The molecule has 2 nitrogen and oxygen atoms in total. The van der Waals surface area contributed by atoms with Crippen molar-refractivity contribution in [1.82, 2.24) is 0 Å². The lowest BCUT2D eigenvalue weighted by atomic mass is 10.2. The summed E-state index contributed by atoms with van der Waals surface area (Å²) < 4.78 is 18.4. The fraction of sp³-hybridized carbons (Fsp3) is 0.143. The van der Waals surface area contributed by atoms with Crippen LogP contribution >= 0.6 is 11.8 Å². The Morgan fingerprint density at radius 2 is 1.89 bits per heavy atom. The van der Waals surface area contributed by atoms with Crippen LogP contribution in [0.15, 0.2) is 47.4 Å². The third-order valence-electron chi connectivity index (χ3n) is 2.47. The summed E-state index contributed by atoms with van der Waals surface area (Å²) in [4.78, 5) is 1.01. The van der Waals surface area contributed by atoms with Gasteiger partial charge in [0.15, 0.2) is 0 Å². The third kappa shape index (κ3) is 3.17. The number of hydrogen-bond donors (Lipinski definition) is 1. The highest BCUT2D eigenvalue weighted by atomic mass is 32.2. The lowest BCUT2D eigenvalue weighted by molar-refractivity contribution is 0.410. The molecule has 0 saturated carbocycles. The molecule has 94 valence electrons. The highest BCUT2D eigenvalue weighted by molar-refractivity contribution is 7.98. The van der Waals surface area contributed by atoms with Gasteiger partial charge < -0.3 is 9.84 Å². The molecule has 4 heteroatoms. The van der Waals surface area contributed by atoms with E-state index < -0.39 is 0 Å². The summed E-state index contributed by atoms with van der Waals surface area (Å²) in [6.07, 6.45) is 0. The Morgan fingerprint density at radius 1 is 1.17 bits per heavy atom. The van der Waals surface area contributed by atoms with E-state index >= 15 is 0 Å². The first-order valence-electron chi connectivity index (χ1n) is 5.43. The summed E-state index contributed by atoms with van der Waals surface area (Å²) in [7, 11) is 1.57. The summed E-state index contributed by atoms with van der Waals surface area (Å²) in [5.74, 6) is 1.27. The normalized spacial score (nSPS) is 10.3. The van der Waals surface area contributed by atoms with E-state index in [1.54, 1.807) is 37.1 Å². The predicted octanol–water partition coefficient (Wildman–Crippen LogP) is 3.83. The second-order valence-electron chi connectivity index (χ2n) is 3.74. The molecule has 1 N–H and O–H groups in total. The molecule has 0 aliphatic heterocycles. The van der Waals surface area contributed by atoms with Gasteiger partial charge in [-0.3, -0.25) is 0 Å². The monoisotopic (exact) mass is 264 g/mol. The maximum absolute atomic E-state index is 13.2. The fourth-order valence-corrected chi connectivity index (χ4v) is 2.44. The van der Waals surface area contributed by atoms with Crippen LogP contribution in [-0.4, -0.2) is 12.2 Å². The van der Waals surface area contributed by atoms with Crippen LogP contribution in [0.5, 0.6) is 11.5 Å². The number of benzene rings is 2. The first-order valence-corrected chi connectivity index (χ1v) is 6.42. The lowest BCUT2D eigenvalue weighted by Crippen LogP contribution is -1.91. The van der Waals surface area contributed by atoms with Gasteiger partial charge in [-0.15, -0.1) is 11.8 Å². The molecule has 18 heavy (non-hydrogen) atoms. The van der Waals surface area contributed by atoms with Gasteiger partial charge in [0.25, 0.3) is 0 Å². The molecule has 0 bridgehead atoms. The Morgan fingerprint density at radius 3 is 2.56 bits per heavy atom. The molecule has 0 aliphatic rings. The topological polar surface area (TPSA) is 29.5 Å². The van der Waals surface area contributed by atoms with Crippen LogP contribution < -0.4 is 4.74 Å². The van der Waals surface area contributed by atoms with Crippen LogP contribution in [0.25, 0.3) is 0 Å². The van der Waals surface area contributed by atoms with Gasteiger partial charge in [0.2, 0.25) is 0 Å². The predicted molar refractivity (Wildman–Crippen MR) is 70.6 cm³/mol. The van der Waals surface area contributed by atoms with Crippen LogP contribution in [0, 0.1) is 5.82 Å². The summed E-state index contributed by atoms with van der Waals surface area (Å²) in [5.41, 5.74) is 0.815. The van der Waals surface area contributed by atoms with E-state index in [9.17, 15) is 9.50 Å². The zero-order valence-electron chi connectivity index (χ0n) is 9.89. The summed E-state index contributed by atoms with van der Waals surface area (Å²) in [6.45, 7) is 0. The lowest BCUT2D eigenvalue weighted by Gasteiger charge is -2.08. The molecule has 0 saturated heterocycles. The first-order chi connectivity index (χ1) is 8.69. The minimum absolute atomic E-state index is 0.239. The van der Waals surface area contributed by atoms with Crippen LogP contribution in [0.2, 0.25) is 0 Å². The number of phenolic OH excluding ortho intramolecular Hbond substituents is 1. The van der Waals surface area contributed by atoms with Gasteiger partial charge in [0.05, 0.1) is 7.11 Å². The van der Waals surface area contributed by atoms with E-state index in [4.69, 9.17) is 4.74 Å². The average Bonchev–Trinajstić information content (AvgIpc) is 2.38. The maximum atomic E-state index is 13.2. The van der Waals surface area contributed by atoms with Gasteiger partial charge in [-0.25, -0.2) is 4.39 Å². The Balaban J connectivity index is 2.09. The number of thioether (sulfide) groups is 1. The molecule has 0 unspecified atom stereocenters. The SMILES string of the molecule is COc1ccc(F)cc1CSc1ccc(O)cc1. The highest BCUT2D eigenvalue weighted by Gasteiger charge is 2.05. The zero-order chi connectivity index (χ0) is 13.0. The molecular formula is C14H13FO2S. The quantitative estimate of drug-likeness (QED) is 0.851. The Bertz CT molecular complexity index is 526. The minimum Gasteiger partial charge on any atom is -0.508 e. The van der Waals surface area contributed by atoms with Gasteiger partial charge in [-0.1, -0.05) is 0 Å². The third-order valence-corrected chi connectivity index (χ3v) is 3.53. The molecule has 2 aromatic carbocycles. The maximum Gasteiger partial charge on any atom is 0.123 e. The zero-order valence-corrected chi connectivity index (χ0v) is 10.7. The van der Waals surface area contributed by atoms with Crippen molar-refractivity contribution in [2.24, 2.45) is 0 Å². The van der Waals surface area contributed by atoms with Gasteiger partial charge in [0.1, 0.15) is 17.3 Å². The van der Waals surface area contributed by atoms with Gasteiger partial charge in [-0.05, 0) is 42.5 Å².